The molecule has 22 heavy (non-hydrogen) atoms. The molecular formula is C15H14N4O2S. The van der Waals surface area contributed by atoms with E-state index >= 15 is 0 Å². The number of nitrogens with zero attached hydrogens (tertiary/aromatic N) is 2. The standard InChI is InChI=1S/C15H14N4O2S/c1-9-8-22-15(16-9)19-13(20)7-6-12-17-11-5-3-2-4-10(11)14(21)18-12/h2-5,8H,6-7H2,1H3,(H,16,19,20)(H,17,18,21). The van der Waals surface area contributed by atoms with Crippen molar-refractivity contribution >= 4 is 33.3 Å². The Balaban J connectivity index is 1.68. The van der Waals surface area contributed by atoms with Gasteiger partial charge in [-0.25, -0.2) is 9.97 Å². The predicted molar refractivity (Wildman–Crippen MR) is 86.2 cm³/mol. The Morgan fingerprint density at radius 3 is 2.91 bits per heavy atom. The molecular weight excluding hydrogens is 300 g/mol. The Morgan fingerprint density at radius 1 is 1.32 bits per heavy atom. The van der Waals surface area contributed by atoms with Crippen LogP contribution in [0.15, 0.2) is 34.4 Å². The first-order valence-corrected chi connectivity index (χ1v) is 7.70. The molecule has 3 rings (SSSR count). The summed E-state index contributed by atoms with van der Waals surface area (Å²) < 4.78 is 0. The van der Waals surface area contributed by atoms with Crippen LogP contribution in [0.3, 0.4) is 0 Å². The fourth-order valence-corrected chi connectivity index (χ4v) is 2.78. The minimum Gasteiger partial charge on any atom is -0.310 e. The van der Waals surface area contributed by atoms with E-state index in [0.29, 0.717) is 28.3 Å². The van der Waals surface area contributed by atoms with Crippen molar-refractivity contribution in [2.45, 2.75) is 19.8 Å². The third kappa shape index (κ3) is 3.20. The smallest absolute Gasteiger partial charge is 0.258 e. The van der Waals surface area contributed by atoms with Gasteiger partial charge in [-0.15, -0.1) is 11.3 Å². The number of benzene rings is 1. The van der Waals surface area contributed by atoms with Crippen molar-refractivity contribution in [2.24, 2.45) is 0 Å². The fraction of sp³-hybridized carbons (Fsp3) is 0.200. The van der Waals surface area contributed by atoms with Crippen LogP contribution >= 0.6 is 11.3 Å². The Kier molecular flexibility index (Phi) is 3.97. The first-order valence-electron chi connectivity index (χ1n) is 6.82. The van der Waals surface area contributed by atoms with Crippen LogP contribution in [0.25, 0.3) is 10.9 Å². The molecule has 6 nitrogen and oxygen atoms in total. The zero-order valence-corrected chi connectivity index (χ0v) is 12.7. The number of aromatic nitrogens is 3. The van der Waals surface area contributed by atoms with Gasteiger partial charge in [-0.3, -0.25) is 9.59 Å². The van der Waals surface area contributed by atoms with Crippen LogP contribution in [-0.2, 0) is 11.2 Å². The third-order valence-corrected chi connectivity index (χ3v) is 3.99. The van der Waals surface area contributed by atoms with E-state index in [-0.39, 0.29) is 17.9 Å². The number of amides is 1. The van der Waals surface area contributed by atoms with E-state index in [4.69, 9.17) is 0 Å². The van der Waals surface area contributed by atoms with E-state index in [1.807, 2.05) is 18.4 Å². The lowest BCUT2D eigenvalue weighted by Crippen LogP contribution is -2.16. The van der Waals surface area contributed by atoms with E-state index in [1.165, 1.54) is 11.3 Å². The van der Waals surface area contributed by atoms with Gasteiger partial charge >= 0.3 is 0 Å². The van der Waals surface area contributed by atoms with Gasteiger partial charge in [-0.05, 0) is 19.1 Å². The molecule has 7 heteroatoms. The number of aryl methyl sites for hydroxylation is 2. The summed E-state index contributed by atoms with van der Waals surface area (Å²) in [7, 11) is 0. The first kappa shape index (κ1) is 14.4. The highest BCUT2D eigenvalue weighted by atomic mass is 32.1. The maximum atomic E-state index is 11.9. The van der Waals surface area contributed by atoms with E-state index in [9.17, 15) is 9.59 Å². The molecule has 0 saturated carbocycles. The lowest BCUT2D eigenvalue weighted by Gasteiger charge is -2.03. The molecule has 0 aliphatic heterocycles. The second-order valence-corrected chi connectivity index (χ2v) is 5.73. The van der Waals surface area contributed by atoms with Gasteiger partial charge in [0.15, 0.2) is 5.13 Å². The SMILES string of the molecule is Cc1csc(NC(=O)CCc2nc3ccccc3c(=O)[nH]2)n1. The number of carbonyl (C=O) groups excluding carboxylic acids is 1. The molecule has 0 bridgehead atoms. The number of H-pyrrole nitrogens is 1. The van der Waals surface area contributed by atoms with E-state index in [0.717, 1.165) is 5.69 Å². The first-order chi connectivity index (χ1) is 10.6. The number of nitrogens with one attached hydrogen (secondary N) is 2. The molecule has 1 amide bonds. The number of para-hydroxylation sites is 1. The lowest BCUT2D eigenvalue weighted by molar-refractivity contribution is -0.116. The number of hydrogen-bond acceptors (Lipinski definition) is 5. The molecule has 1 aromatic carbocycles. The van der Waals surface area contributed by atoms with Gasteiger partial charge in [0.25, 0.3) is 5.56 Å². The zero-order chi connectivity index (χ0) is 15.5. The zero-order valence-electron chi connectivity index (χ0n) is 11.9. The van der Waals surface area contributed by atoms with Crippen molar-refractivity contribution in [1.29, 1.82) is 0 Å². The molecule has 0 radical (unpaired) electrons. The van der Waals surface area contributed by atoms with Crippen LogP contribution in [0.4, 0.5) is 5.13 Å². The molecule has 0 atom stereocenters. The van der Waals surface area contributed by atoms with E-state index in [1.54, 1.807) is 18.2 Å². The topological polar surface area (TPSA) is 87.7 Å². The van der Waals surface area contributed by atoms with E-state index in [2.05, 4.69) is 20.3 Å². The number of thiazole rings is 1. The number of aromatic amines is 1. The average Bonchev–Trinajstić information content (AvgIpc) is 2.90. The molecule has 0 fully saturated rings. The lowest BCUT2D eigenvalue weighted by atomic mass is 10.2. The Morgan fingerprint density at radius 2 is 2.14 bits per heavy atom. The van der Waals surface area contributed by atoms with Crippen molar-refractivity contribution in [1.82, 2.24) is 15.0 Å². The Labute approximate surface area is 130 Å². The number of fused-ring (bicyclic) bond motifs is 1. The molecule has 0 unspecified atom stereocenters. The molecule has 112 valence electrons. The van der Waals surface area contributed by atoms with Crippen LogP contribution in [0, 0.1) is 6.92 Å². The Bertz CT molecular complexity index is 884. The van der Waals surface area contributed by atoms with Crippen molar-refractivity contribution in [2.75, 3.05) is 5.32 Å². The summed E-state index contributed by atoms with van der Waals surface area (Å²) in [6.07, 6.45) is 0.607. The summed E-state index contributed by atoms with van der Waals surface area (Å²) in [6, 6.07) is 7.13. The summed E-state index contributed by atoms with van der Waals surface area (Å²) in [6.45, 7) is 1.87. The van der Waals surface area contributed by atoms with Gasteiger partial charge < -0.3 is 10.3 Å². The third-order valence-electron chi connectivity index (χ3n) is 3.12. The summed E-state index contributed by atoms with van der Waals surface area (Å²) in [5.74, 6) is 0.360. The largest absolute Gasteiger partial charge is 0.310 e. The fourth-order valence-electron chi connectivity index (χ4n) is 2.08. The highest BCUT2D eigenvalue weighted by Gasteiger charge is 2.08. The second-order valence-electron chi connectivity index (χ2n) is 4.87. The second kappa shape index (κ2) is 6.07. The normalized spacial score (nSPS) is 10.8. The molecule has 0 saturated heterocycles. The van der Waals surface area contributed by atoms with Crippen LogP contribution < -0.4 is 10.9 Å². The summed E-state index contributed by atoms with van der Waals surface area (Å²) in [5, 5.41) is 5.74. The summed E-state index contributed by atoms with van der Waals surface area (Å²) >= 11 is 1.39. The summed E-state index contributed by atoms with van der Waals surface area (Å²) in [4.78, 5) is 35.1. The van der Waals surface area contributed by atoms with Crippen molar-refractivity contribution < 1.29 is 4.79 Å². The average molecular weight is 314 g/mol. The molecule has 2 N–H and O–H groups in total. The van der Waals surface area contributed by atoms with Crippen molar-refractivity contribution in [3.05, 3.63) is 51.5 Å². The minimum atomic E-state index is -0.184. The monoisotopic (exact) mass is 314 g/mol. The van der Waals surface area contributed by atoms with Gasteiger partial charge in [-0.1, -0.05) is 12.1 Å². The molecule has 0 spiro atoms. The number of carbonyl (C=O) groups is 1. The molecule has 0 aliphatic carbocycles. The highest BCUT2D eigenvalue weighted by molar-refractivity contribution is 7.13. The van der Waals surface area contributed by atoms with Crippen LogP contribution in [-0.4, -0.2) is 20.9 Å². The van der Waals surface area contributed by atoms with Gasteiger partial charge in [-0.2, -0.15) is 0 Å². The van der Waals surface area contributed by atoms with Crippen molar-refractivity contribution in [3.8, 4) is 0 Å². The van der Waals surface area contributed by atoms with Gasteiger partial charge in [0.2, 0.25) is 5.91 Å². The molecule has 2 aromatic heterocycles. The maximum Gasteiger partial charge on any atom is 0.258 e. The van der Waals surface area contributed by atoms with Crippen LogP contribution in [0.5, 0.6) is 0 Å². The summed E-state index contributed by atoms with van der Waals surface area (Å²) in [5.41, 5.74) is 1.33. The molecule has 0 aliphatic rings. The molecule has 2 heterocycles. The number of rotatable bonds is 4. The predicted octanol–water partition coefficient (Wildman–Crippen LogP) is 2.26. The number of hydrogen-bond donors (Lipinski definition) is 2. The van der Waals surface area contributed by atoms with Crippen molar-refractivity contribution in [3.63, 3.8) is 0 Å². The van der Waals surface area contributed by atoms with Gasteiger partial charge in [0, 0.05) is 18.2 Å². The molecule has 3 aromatic rings. The van der Waals surface area contributed by atoms with Gasteiger partial charge in [0.1, 0.15) is 5.82 Å². The van der Waals surface area contributed by atoms with Crippen LogP contribution in [0.2, 0.25) is 0 Å². The quantitative estimate of drug-likeness (QED) is 0.773. The van der Waals surface area contributed by atoms with E-state index < -0.39 is 0 Å². The minimum absolute atomic E-state index is 0.148. The van der Waals surface area contributed by atoms with Gasteiger partial charge in [0.05, 0.1) is 16.6 Å². The Hall–Kier alpha value is -2.54. The highest BCUT2D eigenvalue weighted by Crippen LogP contribution is 2.14. The van der Waals surface area contributed by atoms with Crippen LogP contribution in [0.1, 0.15) is 17.9 Å². The maximum absolute atomic E-state index is 11.9. The number of anilines is 1.